The van der Waals surface area contributed by atoms with E-state index in [1.54, 1.807) is 6.07 Å². The second-order valence-electron chi connectivity index (χ2n) is 6.99. The Hall–Kier alpha value is -2.17. The zero-order chi connectivity index (χ0) is 16.2. The Labute approximate surface area is 134 Å². The van der Waals surface area contributed by atoms with E-state index in [1.807, 2.05) is 30.0 Å². The molecule has 1 aromatic heterocycles. The average molecular weight is 311 g/mol. The van der Waals surface area contributed by atoms with Gasteiger partial charge in [-0.05, 0) is 37.2 Å². The molecule has 2 aliphatic rings. The number of nitrogens with zero attached hydrogens (tertiary/aromatic N) is 3. The van der Waals surface area contributed by atoms with Gasteiger partial charge in [0.15, 0.2) is 0 Å². The van der Waals surface area contributed by atoms with Crippen molar-refractivity contribution in [2.24, 2.45) is 11.3 Å². The molecular weight excluding hydrogens is 290 g/mol. The van der Waals surface area contributed by atoms with Gasteiger partial charge in [-0.2, -0.15) is 5.10 Å². The summed E-state index contributed by atoms with van der Waals surface area (Å²) in [5.41, 5.74) is 0.962. The lowest BCUT2D eigenvalue weighted by Crippen LogP contribution is -2.38. The Morgan fingerprint density at radius 3 is 2.78 bits per heavy atom. The summed E-state index contributed by atoms with van der Waals surface area (Å²) in [6.45, 7) is 5.80. The van der Waals surface area contributed by atoms with Gasteiger partial charge < -0.3 is 4.90 Å². The van der Waals surface area contributed by atoms with Crippen molar-refractivity contribution in [1.82, 2.24) is 14.7 Å². The van der Waals surface area contributed by atoms with Crippen LogP contribution in [0.15, 0.2) is 29.1 Å². The summed E-state index contributed by atoms with van der Waals surface area (Å²) in [5, 5.41) is 5.82. The van der Waals surface area contributed by atoms with Gasteiger partial charge in [-0.3, -0.25) is 9.59 Å². The van der Waals surface area contributed by atoms with E-state index in [-0.39, 0.29) is 18.0 Å². The highest BCUT2D eigenvalue weighted by Crippen LogP contribution is 2.59. The van der Waals surface area contributed by atoms with Crippen molar-refractivity contribution in [1.29, 1.82) is 0 Å². The molecule has 1 saturated heterocycles. The Kier molecular flexibility index (Phi) is 3.08. The molecular formula is C18H21N3O2. The number of aromatic nitrogens is 2. The number of benzene rings is 1. The average Bonchev–Trinajstić information content (AvgIpc) is 3.13. The van der Waals surface area contributed by atoms with Crippen LogP contribution in [0.1, 0.15) is 25.5 Å². The fourth-order valence-electron chi connectivity index (χ4n) is 4.07. The molecule has 2 fully saturated rings. The SMILES string of the molecule is CCC12CC1CN(C(=O)Cn1nc(C)c3ccccc3c1=O)C2. The first-order valence-electron chi connectivity index (χ1n) is 8.28. The first-order chi connectivity index (χ1) is 11.0. The van der Waals surface area contributed by atoms with E-state index in [1.165, 1.54) is 11.1 Å². The van der Waals surface area contributed by atoms with Crippen molar-refractivity contribution in [2.75, 3.05) is 13.1 Å². The quantitative estimate of drug-likeness (QED) is 0.871. The minimum Gasteiger partial charge on any atom is -0.340 e. The number of carbonyl (C=O) groups is 1. The van der Waals surface area contributed by atoms with E-state index in [0.717, 1.165) is 30.6 Å². The van der Waals surface area contributed by atoms with Crippen LogP contribution in [-0.4, -0.2) is 33.7 Å². The fourth-order valence-corrected chi connectivity index (χ4v) is 4.07. The highest BCUT2D eigenvalue weighted by Gasteiger charge is 2.59. The summed E-state index contributed by atoms with van der Waals surface area (Å²) in [4.78, 5) is 27.0. The van der Waals surface area contributed by atoms with E-state index in [4.69, 9.17) is 0 Å². The van der Waals surface area contributed by atoms with E-state index in [9.17, 15) is 9.59 Å². The maximum Gasteiger partial charge on any atom is 0.275 e. The molecule has 1 amide bonds. The molecule has 5 heteroatoms. The molecule has 2 atom stereocenters. The third-order valence-electron chi connectivity index (χ3n) is 5.70. The third kappa shape index (κ3) is 2.18. The smallest absolute Gasteiger partial charge is 0.275 e. The number of piperidine rings is 1. The lowest BCUT2D eigenvalue weighted by atomic mass is 10.0. The molecule has 0 radical (unpaired) electrons. The molecule has 2 aromatic rings. The fraction of sp³-hybridized carbons (Fsp3) is 0.500. The number of likely N-dealkylation sites (tertiary alicyclic amines) is 1. The second-order valence-corrected chi connectivity index (χ2v) is 6.99. The lowest BCUT2D eigenvalue weighted by molar-refractivity contribution is -0.131. The zero-order valence-electron chi connectivity index (χ0n) is 13.6. The van der Waals surface area contributed by atoms with Crippen LogP contribution in [0.2, 0.25) is 0 Å². The molecule has 0 N–H and O–H groups in total. The Bertz CT molecular complexity index is 853. The van der Waals surface area contributed by atoms with Crippen molar-refractivity contribution < 1.29 is 4.79 Å². The van der Waals surface area contributed by atoms with Crippen LogP contribution in [0.4, 0.5) is 0 Å². The summed E-state index contributed by atoms with van der Waals surface area (Å²) >= 11 is 0. The number of aryl methyl sites for hydroxylation is 1. The van der Waals surface area contributed by atoms with Gasteiger partial charge in [0.1, 0.15) is 6.54 Å². The maximum atomic E-state index is 12.6. The van der Waals surface area contributed by atoms with Gasteiger partial charge in [0, 0.05) is 18.5 Å². The number of amides is 1. The first-order valence-corrected chi connectivity index (χ1v) is 8.28. The highest BCUT2D eigenvalue weighted by atomic mass is 16.2. The normalized spacial score (nSPS) is 25.7. The van der Waals surface area contributed by atoms with Gasteiger partial charge in [-0.1, -0.05) is 25.1 Å². The largest absolute Gasteiger partial charge is 0.340 e. The Morgan fingerprint density at radius 2 is 2.09 bits per heavy atom. The Balaban J connectivity index is 1.60. The molecule has 1 saturated carbocycles. The summed E-state index contributed by atoms with van der Waals surface area (Å²) in [5.74, 6) is 0.675. The van der Waals surface area contributed by atoms with Crippen LogP contribution >= 0.6 is 0 Å². The molecule has 2 unspecified atom stereocenters. The van der Waals surface area contributed by atoms with Gasteiger partial charge in [-0.25, -0.2) is 4.68 Å². The number of fused-ring (bicyclic) bond motifs is 2. The summed E-state index contributed by atoms with van der Waals surface area (Å²) in [7, 11) is 0. The molecule has 1 aliphatic heterocycles. The number of hydrogen-bond acceptors (Lipinski definition) is 3. The van der Waals surface area contributed by atoms with Gasteiger partial charge in [-0.15, -0.1) is 0 Å². The van der Waals surface area contributed by atoms with E-state index >= 15 is 0 Å². The molecule has 0 spiro atoms. The molecule has 5 nitrogen and oxygen atoms in total. The maximum absolute atomic E-state index is 12.6. The van der Waals surface area contributed by atoms with E-state index in [0.29, 0.717) is 16.7 Å². The topological polar surface area (TPSA) is 55.2 Å². The van der Waals surface area contributed by atoms with Crippen molar-refractivity contribution in [3.63, 3.8) is 0 Å². The molecule has 0 bridgehead atoms. The van der Waals surface area contributed by atoms with Crippen LogP contribution in [0.5, 0.6) is 0 Å². The summed E-state index contributed by atoms with van der Waals surface area (Å²) in [6, 6.07) is 7.43. The number of hydrogen-bond donors (Lipinski definition) is 0. The van der Waals surface area contributed by atoms with Crippen LogP contribution in [0.25, 0.3) is 10.8 Å². The third-order valence-corrected chi connectivity index (χ3v) is 5.70. The molecule has 120 valence electrons. The molecule has 23 heavy (non-hydrogen) atoms. The minimum atomic E-state index is -0.186. The highest BCUT2D eigenvalue weighted by molar-refractivity contribution is 5.83. The van der Waals surface area contributed by atoms with E-state index < -0.39 is 0 Å². The predicted molar refractivity (Wildman–Crippen MR) is 88.2 cm³/mol. The van der Waals surface area contributed by atoms with Crippen molar-refractivity contribution in [3.8, 4) is 0 Å². The Morgan fingerprint density at radius 1 is 1.35 bits per heavy atom. The van der Waals surface area contributed by atoms with Crippen LogP contribution < -0.4 is 5.56 Å². The molecule has 1 aromatic carbocycles. The zero-order valence-corrected chi connectivity index (χ0v) is 13.6. The predicted octanol–water partition coefficient (Wildman–Crippen LogP) is 1.96. The van der Waals surface area contributed by atoms with Crippen LogP contribution in [0.3, 0.4) is 0 Å². The van der Waals surface area contributed by atoms with Crippen LogP contribution in [-0.2, 0) is 11.3 Å². The standard InChI is InChI=1S/C18H21N3O2/c1-3-18-8-13(18)9-20(11-18)16(22)10-21-17(23)15-7-5-4-6-14(15)12(2)19-21/h4-7,13H,3,8-11H2,1-2H3. The van der Waals surface area contributed by atoms with Crippen molar-refractivity contribution >= 4 is 16.7 Å². The first kappa shape index (κ1) is 14.4. The van der Waals surface area contributed by atoms with Gasteiger partial charge in [0.05, 0.1) is 11.1 Å². The summed E-state index contributed by atoms with van der Waals surface area (Å²) < 4.78 is 1.32. The number of carbonyl (C=O) groups excluding carboxylic acids is 1. The van der Waals surface area contributed by atoms with Crippen molar-refractivity contribution in [3.05, 3.63) is 40.3 Å². The minimum absolute atomic E-state index is 0.00862. The van der Waals surface area contributed by atoms with Gasteiger partial charge in [0.25, 0.3) is 5.56 Å². The van der Waals surface area contributed by atoms with Crippen molar-refractivity contribution in [2.45, 2.75) is 33.2 Å². The van der Waals surface area contributed by atoms with E-state index in [2.05, 4.69) is 12.0 Å². The van der Waals surface area contributed by atoms with Crippen LogP contribution in [0, 0.1) is 18.3 Å². The van der Waals surface area contributed by atoms with Gasteiger partial charge >= 0.3 is 0 Å². The monoisotopic (exact) mass is 311 g/mol. The lowest BCUT2D eigenvalue weighted by Gasteiger charge is -2.21. The van der Waals surface area contributed by atoms with Gasteiger partial charge in [0.2, 0.25) is 5.91 Å². The second kappa shape index (κ2) is 4.91. The summed E-state index contributed by atoms with van der Waals surface area (Å²) in [6.07, 6.45) is 2.38. The molecule has 2 heterocycles. The molecule has 4 rings (SSSR count). The molecule has 1 aliphatic carbocycles. The number of rotatable bonds is 3.